The molecule has 0 saturated carbocycles. The summed E-state index contributed by atoms with van der Waals surface area (Å²) in [5.74, 6) is -0.590. The van der Waals surface area contributed by atoms with Crippen molar-refractivity contribution in [3.8, 4) is 5.75 Å². The fraction of sp³-hybridized carbons (Fsp3) is 0.625. The first-order chi connectivity index (χ1) is 11.0. The van der Waals surface area contributed by atoms with E-state index in [1.165, 1.54) is 12.1 Å². The second-order valence-electron chi connectivity index (χ2n) is 7.13. The second kappa shape index (κ2) is 6.68. The van der Waals surface area contributed by atoms with E-state index in [1.54, 1.807) is 34.6 Å². The van der Waals surface area contributed by atoms with E-state index in [-0.39, 0.29) is 0 Å². The van der Waals surface area contributed by atoms with Crippen molar-refractivity contribution in [1.29, 1.82) is 0 Å². The minimum atomic E-state index is -5.59. The molecule has 3 nitrogen and oxygen atoms in total. The summed E-state index contributed by atoms with van der Waals surface area (Å²) in [6, 6.07) is 4.52. The van der Waals surface area contributed by atoms with Crippen LogP contribution in [-0.2, 0) is 10.7 Å². The number of benzene rings is 1. The lowest BCUT2D eigenvalue weighted by atomic mass is 9.90. The Balaban J connectivity index is 3.07. The molecule has 0 saturated heterocycles. The minimum Gasteiger partial charge on any atom is -0.471 e. The van der Waals surface area contributed by atoms with Gasteiger partial charge in [0.25, 0.3) is 6.10 Å². The normalized spacial score (nSPS) is 14.3. The third-order valence-corrected chi connectivity index (χ3v) is 3.53. The molecule has 25 heavy (non-hydrogen) atoms. The van der Waals surface area contributed by atoms with Gasteiger partial charge in [-0.3, -0.25) is 0 Å². The summed E-state index contributed by atoms with van der Waals surface area (Å²) in [6.07, 6.45) is -15.1. The topological polar surface area (TPSA) is 32.4 Å². The number of rotatable bonds is 4. The molecule has 1 rings (SSSR count). The number of alkyl halides is 6. The quantitative estimate of drug-likeness (QED) is 0.535. The van der Waals surface area contributed by atoms with Crippen LogP contribution in [0.15, 0.2) is 24.3 Å². The highest BCUT2D eigenvalue weighted by Gasteiger charge is 2.59. The fourth-order valence-corrected chi connectivity index (χ4v) is 2.35. The van der Waals surface area contributed by atoms with Gasteiger partial charge >= 0.3 is 12.4 Å². The van der Waals surface area contributed by atoms with Crippen LogP contribution < -0.4 is 4.74 Å². The maximum absolute atomic E-state index is 12.5. The summed E-state index contributed by atoms with van der Waals surface area (Å²) in [7, 11) is 0. The van der Waals surface area contributed by atoms with Gasteiger partial charge in [-0.25, -0.2) is 0 Å². The van der Waals surface area contributed by atoms with Crippen LogP contribution >= 0.6 is 0 Å². The highest BCUT2D eigenvalue weighted by Crippen LogP contribution is 2.37. The van der Waals surface area contributed by atoms with Crippen molar-refractivity contribution in [2.24, 2.45) is 0 Å². The second-order valence-corrected chi connectivity index (χ2v) is 7.13. The number of hydrogen-bond donors (Lipinski definition) is 0. The summed E-state index contributed by atoms with van der Waals surface area (Å²) in [4.78, 5) is 0. The third-order valence-electron chi connectivity index (χ3n) is 3.53. The SMILES string of the molecule is CC(C)(C)N([O])C(C)(C)c1ccc(OC(C(F)(F)F)C(F)(F)F)cc1. The zero-order valence-electron chi connectivity index (χ0n) is 14.4. The molecule has 0 spiro atoms. The summed E-state index contributed by atoms with van der Waals surface area (Å²) >= 11 is 0. The van der Waals surface area contributed by atoms with Crippen LogP contribution in [0.1, 0.15) is 40.2 Å². The van der Waals surface area contributed by atoms with Crippen LogP contribution in [0.5, 0.6) is 5.75 Å². The van der Waals surface area contributed by atoms with E-state index in [9.17, 15) is 31.5 Å². The lowest BCUT2D eigenvalue weighted by molar-refractivity contribution is -0.299. The zero-order valence-corrected chi connectivity index (χ0v) is 14.4. The van der Waals surface area contributed by atoms with Crippen molar-refractivity contribution in [2.45, 2.75) is 64.2 Å². The van der Waals surface area contributed by atoms with Crippen molar-refractivity contribution in [1.82, 2.24) is 5.06 Å². The van der Waals surface area contributed by atoms with Crippen LogP contribution in [0.4, 0.5) is 26.3 Å². The molecular weight excluding hydrogens is 352 g/mol. The molecule has 0 aliphatic heterocycles. The van der Waals surface area contributed by atoms with Gasteiger partial charge in [0, 0.05) is 5.54 Å². The maximum Gasteiger partial charge on any atom is 0.434 e. The molecule has 0 aliphatic rings. The van der Waals surface area contributed by atoms with Gasteiger partial charge in [-0.15, -0.1) is 10.3 Å². The maximum atomic E-state index is 12.5. The summed E-state index contributed by atoms with van der Waals surface area (Å²) in [6.45, 7) is 8.29. The molecule has 0 amide bonds. The predicted octanol–water partition coefficient (Wildman–Crippen LogP) is 5.24. The Morgan fingerprint density at radius 3 is 1.56 bits per heavy atom. The zero-order chi connectivity index (χ0) is 19.8. The van der Waals surface area contributed by atoms with Crippen LogP contribution in [-0.4, -0.2) is 29.1 Å². The van der Waals surface area contributed by atoms with E-state index < -0.39 is 35.3 Å². The largest absolute Gasteiger partial charge is 0.471 e. The van der Waals surface area contributed by atoms with Crippen LogP contribution in [0.2, 0.25) is 0 Å². The fourth-order valence-electron chi connectivity index (χ4n) is 2.35. The first-order valence-electron chi connectivity index (χ1n) is 7.35. The third kappa shape index (κ3) is 5.24. The molecule has 9 heteroatoms. The number of hydroxylamine groups is 2. The first-order valence-corrected chi connectivity index (χ1v) is 7.35. The smallest absolute Gasteiger partial charge is 0.434 e. The molecule has 0 N–H and O–H groups in total. The average Bonchev–Trinajstić information content (AvgIpc) is 2.41. The first kappa shape index (κ1) is 21.6. The van der Waals surface area contributed by atoms with E-state index in [4.69, 9.17) is 0 Å². The van der Waals surface area contributed by atoms with Gasteiger partial charge in [0.1, 0.15) is 5.75 Å². The van der Waals surface area contributed by atoms with Gasteiger partial charge in [0.2, 0.25) is 0 Å². The monoisotopic (exact) mass is 372 g/mol. The van der Waals surface area contributed by atoms with Crippen molar-refractivity contribution in [2.75, 3.05) is 0 Å². The van der Waals surface area contributed by atoms with Gasteiger partial charge in [-0.2, -0.15) is 26.3 Å². The standard InChI is InChI=1S/C16H20F6NO2/c1-13(2,3)23(24)14(4,5)10-6-8-11(9-7-10)25-12(15(17,18)19)16(20,21)22/h6-9,12H,1-5H3. The molecule has 0 unspecified atom stereocenters. The molecule has 0 aromatic heterocycles. The molecule has 0 heterocycles. The number of halogens is 6. The Morgan fingerprint density at radius 2 is 1.24 bits per heavy atom. The van der Waals surface area contributed by atoms with Crippen LogP contribution in [0, 0.1) is 0 Å². The lowest BCUT2D eigenvalue weighted by Gasteiger charge is -2.40. The predicted molar refractivity (Wildman–Crippen MR) is 78.3 cm³/mol. The molecule has 0 fully saturated rings. The van der Waals surface area contributed by atoms with Crippen LogP contribution in [0.3, 0.4) is 0 Å². The molecule has 1 aromatic rings. The molecule has 143 valence electrons. The Bertz CT molecular complexity index is 558. The molecule has 0 aliphatic carbocycles. The van der Waals surface area contributed by atoms with Gasteiger partial charge in [-0.05, 0) is 52.3 Å². The van der Waals surface area contributed by atoms with E-state index in [0.717, 1.165) is 17.2 Å². The Labute approximate surface area is 142 Å². The van der Waals surface area contributed by atoms with Gasteiger partial charge in [-0.1, -0.05) is 12.1 Å². The van der Waals surface area contributed by atoms with Crippen molar-refractivity contribution in [3.05, 3.63) is 29.8 Å². The number of nitrogens with zero attached hydrogens (tertiary/aromatic N) is 1. The van der Waals surface area contributed by atoms with Crippen molar-refractivity contribution in [3.63, 3.8) is 0 Å². The van der Waals surface area contributed by atoms with Gasteiger partial charge in [0.15, 0.2) is 0 Å². The van der Waals surface area contributed by atoms with Gasteiger partial charge in [0.05, 0.1) is 5.54 Å². The number of hydrogen-bond acceptors (Lipinski definition) is 2. The Kier molecular flexibility index (Phi) is 5.76. The summed E-state index contributed by atoms with van der Waals surface area (Å²) in [5, 5.41) is 13.2. The van der Waals surface area contributed by atoms with Gasteiger partial charge < -0.3 is 4.74 Å². The van der Waals surface area contributed by atoms with E-state index in [1.807, 2.05) is 0 Å². The molecule has 0 bridgehead atoms. The van der Waals surface area contributed by atoms with Crippen molar-refractivity contribution >= 4 is 0 Å². The number of ether oxygens (including phenoxy) is 1. The lowest BCUT2D eigenvalue weighted by Crippen LogP contribution is -2.49. The Morgan fingerprint density at radius 1 is 0.840 bits per heavy atom. The molecule has 1 radical (unpaired) electrons. The minimum absolute atomic E-state index is 0.431. The van der Waals surface area contributed by atoms with E-state index in [2.05, 4.69) is 4.74 Å². The summed E-state index contributed by atoms with van der Waals surface area (Å²) in [5.41, 5.74) is -1.35. The van der Waals surface area contributed by atoms with Crippen molar-refractivity contribution < 1.29 is 36.3 Å². The molecular formula is C16H20F6NO2. The van der Waals surface area contributed by atoms with E-state index in [0.29, 0.717) is 5.56 Å². The van der Waals surface area contributed by atoms with E-state index >= 15 is 0 Å². The average molecular weight is 372 g/mol. The van der Waals surface area contributed by atoms with Crippen LogP contribution in [0.25, 0.3) is 0 Å². The molecule has 0 atom stereocenters. The highest BCUT2D eigenvalue weighted by molar-refractivity contribution is 5.31. The summed E-state index contributed by atoms with van der Waals surface area (Å²) < 4.78 is 79.2. The molecule has 1 aromatic carbocycles. The highest BCUT2D eigenvalue weighted by atomic mass is 19.4. The Hall–Kier alpha value is -1.48.